The first-order valence-corrected chi connectivity index (χ1v) is 24.5. The fourth-order valence-electron chi connectivity index (χ4n) is 15.6. The monoisotopic (exact) mass is 959 g/mol. The Kier molecular flexibility index (Phi) is 14.4. The molecule has 8 rings (SSSR count). The number of hydrogen-bond acceptors (Lipinski definition) is 19. The molecule has 19 nitrogen and oxygen atoms in total. The van der Waals surface area contributed by atoms with E-state index in [0.717, 1.165) is 25.7 Å². The number of aliphatic hydroxyl groups excluding tert-OH is 12. The molecule has 7 fully saturated rings. The Bertz CT molecular complexity index is 1820. The van der Waals surface area contributed by atoms with Crippen molar-refractivity contribution >= 4 is 5.97 Å². The molecule has 3 heterocycles. The van der Waals surface area contributed by atoms with E-state index in [9.17, 15) is 61.3 Å². The van der Waals surface area contributed by atoms with E-state index in [-0.39, 0.29) is 52.4 Å². The van der Waals surface area contributed by atoms with Gasteiger partial charge in [0.2, 0.25) is 6.29 Å². The third-order valence-corrected chi connectivity index (χ3v) is 19.9. The van der Waals surface area contributed by atoms with Crippen molar-refractivity contribution < 1.29 is 94.5 Å². The molecule has 384 valence electrons. The Morgan fingerprint density at radius 1 is 0.701 bits per heavy atom. The van der Waals surface area contributed by atoms with Crippen molar-refractivity contribution in [2.75, 3.05) is 19.8 Å². The first-order chi connectivity index (χ1) is 31.4. The summed E-state index contributed by atoms with van der Waals surface area (Å²) in [6.45, 7) is 12.9. The summed E-state index contributed by atoms with van der Waals surface area (Å²) in [6, 6.07) is 0. The quantitative estimate of drug-likeness (QED) is 0.0971. The van der Waals surface area contributed by atoms with Crippen LogP contribution in [0.4, 0.5) is 0 Å². The average Bonchev–Trinajstić information content (AvgIpc) is 3.29. The summed E-state index contributed by atoms with van der Waals surface area (Å²) in [5.74, 6) is -0.496. The SMILES string of the molecule is CC1=CC[C@]2(C(=O)O[C@@H]3O[C@H](CO[C@@H]4O[C@H](CO)[C@@H](O[C@@H]5O[C@@H](C)[C@H](O)[C@@H](O)[C@H]5O)[C@H](O)[C@H]4O)[C@@H](O)[C@H](O)[C@H]3O)CC[C@]3(C)[C@H](CC[C@@H]4[C@@]5(C)C[C@@H](O)[C@H](O)[C@@](C)(CO)[C@@H]5CC[C@]43C)[C@@H]2[C@H]1C. The van der Waals surface area contributed by atoms with Crippen molar-refractivity contribution in [1.82, 2.24) is 0 Å². The highest BCUT2D eigenvalue weighted by atomic mass is 16.8. The van der Waals surface area contributed by atoms with Gasteiger partial charge in [-0.25, -0.2) is 0 Å². The van der Waals surface area contributed by atoms with Gasteiger partial charge >= 0.3 is 5.97 Å². The van der Waals surface area contributed by atoms with Gasteiger partial charge < -0.3 is 89.7 Å². The Balaban J connectivity index is 0.972. The van der Waals surface area contributed by atoms with Crippen molar-refractivity contribution in [3.63, 3.8) is 0 Å². The fourth-order valence-corrected chi connectivity index (χ4v) is 15.6. The van der Waals surface area contributed by atoms with Crippen LogP contribution in [0.1, 0.15) is 99.8 Å². The van der Waals surface area contributed by atoms with Gasteiger partial charge in [0.1, 0.15) is 67.1 Å². The predicted molar refractivity (Wildman–Crippen MR) is 231 cm³/mol. The van der Waals surface area contributed by atoms with Gasteiger partial charge in [0.15, 0.2) is 12.6 Å². The molecule has 0 aromatic rings. The maximum Gasteiger partial charge on any atom is 0.315 e. The number of hydrogen-bond donors (Lipinski definition) is 12. The number of carbonyl (C=O) groups is 1. The molecule has 0 radical (unpaired) electrons. The summed E-state index contributed by atoms with van der Waals surface area (Å²) < 4.78 is 34.7. The van der Waals surface area contributed by atoms with Crippen molar-refractivity contribution in [3.05, 3.63) is 11.6 Å². The summed E-state index contributed by atoms with van der Waals surface area (Å²) >= 11 is 0. The smallest absolute Gasteiger partial charge is 0.315 e. The maximum absolute atomic E-state index is 15.0. The van der Waals surface area contributed by atoms with Crippen LogP contribution in [0.25, 0.3) is 0 Å². The Morgan fingerprint density at radius 3 is 2.01 bits per heavy atom. The minimum atomic E-state index is -1.86. The molecule has 27 atom stereocenters. The van der Waals surface area contributed by atoms with Gasteiger partial charge in [0.05, 0.1) is 43.5 Å². The van der Waals surface area contributed by atoms with Crippen molar-refractivity contribution in [2.45, 2.75) is 204 Å². The van der Waals surface area contributed by atoms with Crippen LogP contribution in [0, 0.1) is 56.7 Å². The molecule has 0 unspecified atom stereocenters. The lowest BCUT2D eigenvalue weighted by Gasteiger charge is -2.73. The highest BCUT2D eigenvalue weighted by molar-refractivity contribution is 5.78. The number of aliphatic hydroxyl groups is 12. The zero-order chi connectivity index (χ0) is 49.1. The number of ether oxygens (including phenoxy) is 6. The molecule has 67 heavy (non-hydrogen) atoms. The van der Waals surface area contributed by atoms with Crippen LogP contribution in [0.3, 0.4) is 0 Å². The second-order valence-corrected chi connectivity index (χ2v) is 22.9. The second-order valence-electron chi connectivity index (χ2n) is 22.9. The summed E-state index contributed by atoms with van der Waals surface area (Å²) in [5.41, 5.74) is -1.48. The van der Waals surface area contributed by atoms with E-state index >= 15 is 4.79 Å². The molecule has 8 aliphatic rings. The van der Waals surface area contributed by atoms with E-state index in [0.29, 0.717) is 25.7 Å². The lowest BCUT2D eigenvalue weighted by molar-refractivity contribution is -0.361. The third kappa shape index (κ3) is 7.92. The Morgan fingerprint density at radius 2 is 1.34 bits per heavy atom. The lowest BCUT2D eigenvalue weighted by Crippen LogP contribution is -2.70. The summed E-state index contributed by atoms with van der Waals surface area (Å²) in [4.78, 5) is 15.0. The van der Waals surface area contributed by atoms with Crippen LogP contribution < -0.4 is 0 Å². The van der Waals surface area contributed by atoms with Gasteiger partial charge in [0.25, 0.3) is 0 Å². The van der Waals surface area contributed by atoms with Crippen LogP contribution in [0.15, 0.2) is 11.6 Å². The summed E-state index contributed by atoms with van der Waals surface area (Å²) in [7, 11) is 0. The minimum Gasteiger partial charge on any atom is -0.432 e. The lowest BCUT2D eigenvalue weighted by atomic mass is 9.31. The van der Waals surface area contributed by atoms with Crippen LogP contribution in [-0.2, 0) is 33.2 Å². The first kappa shape index (κ1) is 51.9. The largest absolute Gasteiger partial charge is 0.432 e. The van der Waals surface area contributed by atoms with Gasteiger partial charge in [-0.05, 0) is 111 Å². The van der Waals surface area contributed by atoms with E-state index in [4.69, 9.17) is 28.4 Å². The van der Waals surface area contributed by atoms with Crippen molar-refractivity contribution in [3.8, 4) is 0 Å². The molecule has 19 heteroatoms. The standard InChI is InChI=1S/C48H78O19/c1-20-10-13-48(15-14-46(6)23(29(48)21(20)2)8-9-28-44(4)16-24(51)39(60)45(5,19-50)27(44)11-12-47(28,46)7)43(61)67-42-36(58)33(55)31(53)26(65-42)18-62-40-37(59)34(56)38(25(17-49)64-40)66-41-35(57)32(54)30(52)22(3)63-41/h10,21-42,49-60H,8-9,11-19H2,1-7H3/t21-,22-,23+,24+,25+,26+,27+,28+,29-,30-,31+,32+,33-,34+,35+,36+,37+,38+,39-,40+,41-,42-,44-,45-,46+,47+,48-/m0/s1. The highest BCUT2D eigenvalue weighted by Gasteiger charge is 2.72. The van der Waals surface area contributed by atoms with Gasteiger partial charge in [-0.15, -0.1) is 0 Å². The van der Waals surface area contributed by atoms with E-state index in [2.05, 4.69) is 40.7 Å². The molecule has 3 aliphatic heterocycles. The summed E-state index contributed by atoms with van der Waals surface area (Å²) in [6.07, 6.45) is -18.9. The molecule has 0 bridgehead atoms. The van der Waals surface area contributed by atoms with Gasteiger partial charge in [-0.1, -0.05) is 46.3 Å². The molecule has 0 aromatic heterocycles. The van der Waals surface area contributed by atoms with Crippen molar-refractivity contribution in [1.29, 1.82) is 0 Å². The van der Waals surface area contributed by atoms with E-state index in [1.54, 1.807) is 0 Å². The molecule has 3 saturated heterocycles. The van der Waals surface area contributed by atoms with E-state index < -0.39 is 134 Å². The maximum atomic E-state index is 15.0. The molecular weight excluding hydrogens is 881 g/mol. The van der Waals surface area contributed by atoms with Gasteiger partial charge in [-0.3, -0.25) is 4.79 Å². The van der Waals surface area contributed by atoms with Crippen LogP contribution in [0.5, 0.6) is 0 Å². The molecule has 0 aromatic carbocycles. The molecular formula is C48H78O19. The van der Waals surface area contributed by atoms with Crippen LogP contribution in [-0.4, -0.2) is 191 Å². The molecule has 0 amide bonds. The number of rotatable bonds is 9. The first-order valence-electron chi connectivity index (χ1n) is 24.5. The second kappa shape index (κ2) is 18.5. The van der Waals surface area contributed by atoms with Crippen LogP contribution in [0.2, 0.25) is 0 Å². The average molecular weight is 959 g/mol. The normalized spacial score (nSPS) is 56.7. The van der Waals surface area contributed by atoms with Crippen LogP contribution >= 0.6 is 0 Å². The number of fused-ring (bicyclic) bond motifs is 7. The van der Waals surface area contributed by atoms with E-state index in [1.165, 1.54) is 12.5 Å². The number of carbonyl (C=O) groups excluding carboxylic acids is 1. The Hall–Kier alpha value is -1.47. The Labute approximate surface area is 392 Å². The molecule has 4 saturated carbocycles. The van der Waals surface area contributed by atoms with Crippen molar-refractivity contribution in [2.24, 2.45) is 56.7 Å². The topological polar surface area (TPSA) is 315 Å². The number of allylic oxidation sites excluding steroid dienone is 2. The fraction of sp³-hybridized carbons (Fsp3) is 0.938. The summed E-state index contributed by atoms with van der Waals surface area (Å²) in [5, 5.41) is 130. The molecule has 0 spiro atoms. The molecule has 12 N–H and O–H groups in total. The molecule has 5 aliphatic carbocycles. The zero-order valence-corrected chi connectivity index (χ0v) is 39.8. The number of esters is 1. The minimum absolute atomic E-state index is 0.00890. The van der Waals surface area contributed by atoms with E-state index in [1.807, 2.05) is 6.92 Å². The highest BCUT2D eigenvalue weighted by Crippen LogP contribution is 2.77. The van der Waals surface area contributed by atoms with Gasteiger partial charge in [0, 0.05) is 5.41 Å². The zero-order valence-electron chi connectivity index (χ0n) is 39.8. The third-order valence-electron chi connectivity index (χ3n) is 19.9. The predicted octanol–water partition coefficient (Wildman–Crippen LogP) is -1.03. The van der Waals surface area contributed by atoms with Gasteiger partial charge in [-0.2, -0.15) is 0 Å².